The third-order valence-electron chi connectivity index (χ3n) is 4.50. The number of hydrogen-bond donors (Lipinski definition) is 0. The second-order valence-electron chi connectivity index (χ2n) is 6.57. The zero-order valence-electron chi connectivity index (χ0n) is 16.4. The van der Waals surface area contributed by atoms with Gasteiger partial charge in [-0.05, 0) is 48.5 Å². The van der Waals surface area contributed by atoms with Crippen molar-refractivity contribution in [3.8, 4) is 11.5 Å². The Balaban J connectivity index is 1.84. The van der Waals surface area contributed by atoms with Crippen molar-refractivity contribution >= 4 is 29.7 Å². The number of benzene rings is 3. The van der Waals surface area contributed by atoms with E-state index in [0.717, 1.165) is 30.3 Å². The molecule has 0 aliphatic carbocycles. The van der Waals surface area contributed by atoms with Crippen molar-refractivity contribution < 1.29 is 49.1 Å². The highest BCUT2D eigenvalue weighted by Crippen LogP contribution is 2.25. The third kappa shape index (κ3) is 4.85. The topological polar surface area (TPSA) is 187 Å². The van der Waals surface area contributed by atoms with Gasteiger partial charge < -0.3 is 44.3 Å². The molecule has 33 heavy (non-hydrogen) atoms. The second-order valence-corrected chi connectivity index (χ2v) is 6.57. The lowest BCUT2D eigenvalue weighted by molar-refractivity contribution is -0.259. The predicted octanol–water partition coefficient (Wildman–Crippen LogP) is -1.84. The SMILES string of the molecule is O=C(c1ccc(Oc2ccc(C(=O)[O-])c(C(=O)[O-])c2)cc1)c1ccc(C(=O)[O-])c(C(=O)[O-])c1. The van der Waals surface area contributed by atoms with Crippen LogP contribution in [-0.2, 0) is 0 Å². The van der Waals surface area contributed by atoms with E-state index in [2.05, 4.69) is 0 Å². The lowest BCUT2D eigenvalue weighted by atomic mass is 9.98. The highest BCUT2D eigenvalue weighted by Gasteiger charge is 2.14. The van der Waals surface area contributed by atoms with E-state index in [1.165, 1.54) is 30.3 Å². The lowest BCUT2D eigenvalue weighted by Gasteiger charge is -2.14. The molecule has 3 aromatic rings. The molecule has 0 aromatic heterocycles. The molecule has 0 amide bonds. The van der Waals surface area contributed by atoms with Crippen molar-refractivity contribution in [1.82, 2.24) is 0 Å². The monoisotopic (exact) mass is 446 g/mol. The van der Waals surface area contributed by atoms with Gasteiger partial charge in [0, 0.05) is 33.4 Å². The molecule has 0 N–H and O–H groups in total. The van der Waals surface area contributed by atoms with Crippen LogP contribution in [0.4, 0.5) is 0 Å². The minimum Gasteiger partial charge on any atom is -0.545 e. The van der Waals surface area contributed by atoms with Crippen LogP contribution >= 0.6 is 0 Å². The van der Waals surface area contributed by atoms with Gasteiger partial charge in [-0.25, -0.2) is 0 Å². The normalized spacial score (nSPS) is 10.3. The molecule has 0 aliphatic rings. The van der Waals surface area contributed by atoms with Gasteiger partial charge in [0.1, 0.15) is 11.5 Å². The quantitative estimate of drug-likeness (QED) is 0.356. The van der Waals surface area contributed by atoms with Gasteiger partial charge in [-0.15, -0.1) is 0 Å². The first kappa shape index (κ1) is 22.7. The Bertz CT molecular complexity index is 1310. The van der Waals surface area contributed by atoms with Gasteiger partial charge in [-0.1, -0.05) is 12.1 Å². The Morgan fingerprint density at radius 3 is 1.42 bits per heavy atom. The molecule has 0 saturated heterocycles. The van der Waals surface area contributed by atoms with Crippen LogP contribution in [0.3, 0.4) is 0 Å². The molecule has 166 valence electrons. The van der Waals surface area contributed by atoms with Crippen molar-refractivity contribution in [2.45, 2.75) is 0 Å². The molecular weight excluding hydrogens is 436 g/mol. The largest absolute Gasteiger partial charge is 0.545 e. The van der Waals surface area contributed by atoms with Crippen LogP contribution in [0.5, 0.6) is 11.5 Å². The Morgan fingerprint density at radius 1 is 0.485 bits per heavy atom. The lowest BCUT2D eigenvalue weighted by Crippen LogP contribution is -2.30. The third-order valence-corrected chi connectivity index (χ3v) is 4.50. The molecule has 0 atom stereocenters. The number of ketones is 1. The number of carbonyl (C=O) groups is 5. The highest BCUT2D eigenvalue weighted by atomic mass is 16.5. The zero-order chi connectivity index (χ0) is 24.3. The van der Waals surface area contributed by atoms with Gasteiger partial charge in [0.25, 0.3) is 0 Å². The second kappa shape index (κ2) is 9.02. The van der Waals surface area contributed by atoms with Crippen LogP contribution in [-0.4, -0.2) is 29.7 Å². The number of rotatable bonds is 8. The van der Waals surface area contributed by atoms with Crippen molar-refractivity contribution in [2.75, 3.05) is 0 Å². The molecular formula is C23H10O10-4. The van der Waals surface area contributed by atoms with E-state index in [1.54, 1.807) is 0 Å². The zero-order valence-corrected chi connectivity index (χ0v) is 16.4. The number of carboxylic acids is 4. The van der Waals surface area contributed by atoms with Crippen molar-refractivity contribution in [1.29, 1.82) is 0 Å². The Morgan fingerprint density at radius 2 is 0.909 bits per heavy atom. The maximum atomic E-state index is 12.6. The van der Waals surface area contributed by atoms with Gasteiger partial charge >= 0.3 is 0 Å². The minimum atomic E-state index is -1.78. The fourth-order valence-corrected chi connectivity index (χ4v) is 2.94. The van der Waals surface area contributed by atoms with Gasteiger partial charge in [0.05, 0.1) is 23.9 Å². The molecule has 0 fully saturated rings. The van der Waals surface area contributed by atoms with Gasteiger partial charge in [0.2, 0.25) is 0 Å². The summed E-state index contributed by atoms with van der Waals surface area (Å²) in [5, 5.41) is 44.3. The smallest absolute Gasteiger partial charge is 0.193 e. The fourth-order valence-electron chi connectivity index (χ4n) is 2.94. The van der Waals surface area contributed by atoms with Crippen LogP contribution < -0.4 is 25.2 Å². The standard InChI is InChI=1S/C23H14O10/c24-19(12-3-7-15(20(25)26)17(9-12)22(29)30)11-1-4-13(5-2-11)33-14-6-8-16(21(27)28)18(10-14)23(31)32/h1-10H,(H,25,26)(H,27,28)(H,29,30)(H,31,32)/p-4. The van der Waals surface area contributed by atoms with E-state index < -0.39 is 51.9 Å². The molecule has 3 aromatic carbocycles. The van der Waals surface area contributed by atoms with Crippen LogP contribution in [0.15, 0.2) is 60.7 Å². The molecule has 0 spiro atoms. The van der Waals surface area contributed by atoms with Crippen LogP contribution in [0.1, 0.15) is 57.4 Å². The van der Waals surface area contributed by atoms with Crippen molar-refractivity contribution in [2.24, 2.45) is 0 Å². The average molecular weight is 446 g/mol. The minimum absolute atomic E-state index is 0.0188. The Hall–Kier alpha value is -4.99. The molecule has 0 unspecified atom stereocenters. The number of carboxylic acid groups (broad SMARTS) is 4. The first-order valence-corrected chi connectivity index (χ1v) is 9.04. The number of ether oxygens (including phenoxy) is 1. The maximum Gasteiger partial charge on any atom is 0.193 e. The van der Waals surface area contributed by atoms with E-state index in [9.17, 15) is 44.4 Å². The molecule has 0 saturated carbocycles. The number of hydrogen-bond acceptors (Lipinski definition) is 10. The van der Waals surface area contributed by atoms with Gasteiger partial charge in [-0.3, -0.25) is 4.79 Å². The van der Waals surface area contributed by atoms with Gasteiger partial charge in [0.15, 0.2) is 5.78 Å². The van der Waals surface area contributed by atoms with Crippen LogP contribution in [0.2, 0.25) is 0 Å². The first-order chi connectivity index (χ1) is 15.6. The van der Waals surface area contributed by atoms with E-state index in [1.807, 2.05) is 0 Å². The molecule has 10 nitrogen and oxygen atoms in total. The van der Waals surface area contributed by atoms with E-state index in [0.29, 0.717) is 0 Å². The maximum absolute atomic E-state index is 12.6. The summed E-state index contributed by atoms with van der Waals surface area (Å²) in [5.41, 5.74) is -2.55. The van der Waals surface area contributed by atoms with Crippen LogP contribution in [0.25, 0.3) is 0 Å². The summed E-state index contributed by atoms with van der Waals surface area (Å²) < 4.78 is 5.46. The molecule has 10 heteroatoms. The number of carbonyl (C=O) groups excluding carboxylic acids is 5. The highest BCUT2D eigenvalue weighted by molar-refractivity contribution is 6.11. The van der Waals surface area contributed by atoms with Crippen LogP contribution in [0, 0.1) is 0 Å². The van der Waals surface area contributed by atoms with E-state index >= 15 is 0 Å². The van der Waals surface area contributed by atoms with Crippen molar-refractivity contribution in [3.05, 3.63) is 94.0 Å². The predicted molar refractivity (Wildman–Crippen MR) is 100 cm³/mol. The molecule has 0 aliphatic heterocycles. The summed E-state index contributed by atoms with van der Waals surface area (Å²) in [5.74, 6) is -7.42. The molecule has 0 radical (unpaired) electrons. The average Bonchev–Trinajstić information content (AvgIpc) is 2.78. The summed E-state index contributed by atoms with van der Waals surface area (Å²) in [6.07, 6.45) is 0. The first-order valence-electron chi connectivity index (χ1n) is 9.04. The Labute approximate surface area is 184 Å². The summed E-state index contributed by atoms with van der Waals surface area (Å²) in [4.78, 5) is 56.9. The summed E-state index contributed by atoms with van der Waals surface area (Å²) >= 11 is 0. The van der Waals surface area contributed by atoms with E-state index in [-0.39, 0.29) is 22.6 Å². The summed E-state index contributed by atoms with van der Waals surface area (Å²) in [6, 6.07) is 11.4. The molecule has 3 rings (SSSR count). The Kier molecular flexibility index (Phi) is 6.20. The fraction of sp³-hybridized carbons (Fsp3) is 0. The number of aromatic carboxylic acids is 4. The molecule has 0 heterocycles. The molecule has 0 bridgehead atoms. The van der Waals surface area contributed by atoms with E-state index in [4.69, 9.17) is 4.74 Å². The summed E-state index contributed by atoms with van der Waals surface area (Å²) in [7, 11) is 0. The van der Waals surface area contributed by atoms with Gasteiger partial charge in [-0.2, -0.15) is 0 Å². The van der Waals surface area contributed by atoms with Crippen molar-refractivity contribution in [3.63, 3.8) is 0 Å². The summed E-state index contributed by atoms with van der Waals surface area (Å²) in [6.45, 7) is 0.